The van der Waals surface area contributed by atoms with Crippen LogP contribution in [0.1, 0.15) is 22.2 Å². The first-order valence-corrected chi connectivity index (χ1v) is 9.99. The highest BCUT2D eigenvalue weighted by Gasteiger charge is 2.29. The number of aryl methyl sites for hydroxylation is 1. The molecule has 0 fully saturated rings. The average Bonchev–Trinajstić information content (AvgIpc) is 3.24. The number of ketones is 1. The molecule has 0 spiro atoms. The normalized spacial score (nSPS) is 11.6. The Morgan fingerprint density at radius 2 is 1.81 bits per heavy atom. The van der Waals surface area contributed by atoms with E-state index in [1.54, 1.807) is 18.8 Å². The van der Waals surface area contributed by atoms with Crippen molar-refractivity contribution >= 4 is 11.5 Å². The first kappa shape index (κ1) is 21.0. The number of ether oxygens (including phenoxy) is 2. The molecule has 1 atom stereocenters. The number of methoxy groups -OCH3 is 2. The summed E-state index contributed by atoms with van der Waals surface area (Å²) in [5.74, 6) is 0.806. The minimum atomic E-state index is -0.821. The molecule has 2 heterocycles. The van der Waals surface area contributed by atoms with Crippen molar-refractivity contribution in [1.82, 2.24) is 19.7 Å². The molecule has 4 aromatic rings. The SMILES string of the molecule is COc1cccc(NC(C(=O)c2nn(C)cc2-c2ccccc2)c2cnc(OC)cn2)c1. The number of aromatic nitrogens is 4. The standard InChI is InChI=1S/C24H23N5O3/c1-29-15-19(16-8-5-4-6-9-16)22(28-29)24(30)23(20-13-26-21(32-3)14-25-20)27-17-10-7-11-18(12-17)31-2/h4-15,23,27H,1-3H3. The molecule has 8 nitrogen and oxygen atoms in total. The molecule has 2 aromatic carbocycles. The largest absolute Gasteiger partial charge is 0.497 e. The van der Waals surface area contributed by atoms with Crippen LogP contribution in [0.4, 0.5) is 5.69 Å². The highest BCUT2D eigenvalue weighted by atomic mass is 16.5. The van der Waals surface area contributed by atoms with E-state index in [4.69, 9.17) is 9.47 Å². The van der Waals surface area contributed by atoms with Gasteiger partial charge in [0.2, 0.25) is 11.7 Å². The monoisotopic (exact) mass is 429 g/mol. The second-order valence-corrected chi connectivity index (χ2v) is 7.09. The van der Waals surface area contributed by atoms with Gasteiger partial charge in [-0.15, -0.1) is 0 Å². The maximum atomic E-state index is 13.8. The van der Waals surface area contributed by atoms with E-state index >= 15 is 0 Å². The van der Waals surface area contributed by atoms with Crippen LogP contribution < -0.4 is 14.8 Å². The molecule has 0 aliphatic carbocycles. The Hall–Kier alpha value is -4.20. The molecule has 0 saturated carbocycles. The number of rotatable bonds is 8. The van der Waals surface area contributed by atoms with Gasteiger partial charge >= 0.3 is 0 Å². The van der Waals surface area contributed by atoms with Crippen molar-refractivity contribution in [2.45, 2.75) is 6.04 Å². The first-order valence-electron chi connectivity index (χ1n) is 9.99. The van der Waals surface area contributed by atoms with Crippen LogP contribution in [0.3, 0.4) is 0 Å². The van der Waals surface area contributed by atoms with E-state index in [1.807, 2.05) is 60.8 Å². The minimum absolute atomic E-state index is 0.230. The van der Waals surface area contributed by atoms with Crippen LogP contribution in [-0.2, 0) is 7.05 Å². The molecule has 0 amide bonds. The molecule has 0 bridgehead atoms. The van der Waals surface area contributed by atoms with Gasteiger partial charge < -0.3 is 14.8 Å². The number of anilines is 1. The summed E-state index contributed by atoms with van der Waals surface area (Å²) in [5, 5.41) is 7.74. The van der Waals surface area contributed by atoms with Crippen molar-refractivity contribution in [1.29, 1.82) is 0 Å². The molecule has 0 saturated heterocycles. The summed E-state index contributed by atoms with van der Waals surface area (Å²) in [6.07, 6.45) is 4.85. The molecule has 32 heavy (non-hydrogen) atoms. The lowest BCUT2D eigenvalue weighted by molar-refractivity contribution is 0.0963. The Kier molecular flexibility index (Phi) is 6.12. The number of Topliss-reactive ketones (excluding diaryl/α,β-unsaturated/α-hetero) is 1. The third-order valence-electron chi connectivity index (χ3n) is 4.94. The van der Waals surface area contributed by atoms with Crippen LogP contribution in [0.15, 0.2) is 73.2 Å². The molecule has 0 aliphatic heterocycles. The van der Waals surface area contributed by atoms with E-state index in [1.165, 1.54) is 19.5 Å². The highest BCUT2D eigenvalue weighted by Crippen LogP contribution is 2.29. The summed E-state index contributed by atoms with van der Waals surface area (Å²) in [6, 6.07) is 16.2. The van der Waals surface area contributed by atoms with E-state index in [2.05, 4.69) is 20.4 Å². The van der Waals surface area contributed by atoms with Crippen molar-refractivity contribution in [3.63, 3.8) is 0 Å². The topological polar surface area (TPSA) is 91.2 Å². The van der Waals surface area contributed by atoms with Gasteiger partial charge in [-0.25, -0.2) is 4.98 Å². The molecule has 2 aromatic heterocycles. The van der Waals surface area contributed by atoms with E-state index in [0.29, 0.717) is 28.7 Å². The highest BCUT2D eigenvalue weighted by molar-refractivity contribution is 6.05. The van der Waals surface area contributed by atoms with Crippen molar-refractivity contribution in [3.05, 3.63) is 84.6 Å². The van der Waals surface area contributed by atoms with Gasteiger partial charge in [0.1, 0.15) is 17.5 Å². The molecular formula is C24H23N5O3. The quantitative estimate of drug-likeness (QED) is 0.424. The Labute approximate surface area is 185 Å². The molecule has 8 heteroatoms. The summed E-state index contributed by atoms with van der Waals surface area (Å²) in [6.45, 7) is 0. The Bertz CT molecular complexity index is 1210. The molecule has 0 aliphatic rings. The number of carbonyl (C=O) groups is 1. The Morgan fingerprint density at radius 1 is 1.00 bits per heavy atom. The summed E-state index contributed by atoms with van der Waals surface area (Å²) in [7, 11) is 4.90. The van der Waals surface area contributed by atoms with Gasteiger partial charge in [-0.2, -0.15) is 5.10 Å². The minimum Gasteiger partial charge on any atom is -0.497 e. The fourth-order valence-corrected chi connectivity index (χ4v) is 3.37. The molecule has 0 radical (unpaired) electrons. The molecule has 162 valence electrons. The fraction of sp³-hybridized carbons (Fsp3) is 0.167. The molecule has 1 N–H and O–H groups in total. The third kappa shape index (κ3) is 4.44. The summed E-state index contributed by atoms with van der Waals surface area (Å²) < 4.78 is 12.1. The number of nitrogens with zero attached hydrogens (tertiary/aromatic N) is 4. The summed E-state index contributed by atoms with van der Waals surface area (Å²) in [5.41, 5.74) is 3.15. The van der Waals surface area contributed by atoms with Crippen LogP contribution in [0, 0.1) is 0 Å². The first-order chi connectivity index (χ1) is 15.6. The van der Waals surface area contributed by atoms with Crippen molar-refractivity contribution in [2.24, 2.45) is 7.05 Å². The maximum Gasteiger partial charge on any atom is 0.231 e. The zero-order valence-corrected chi connectivity index (χ0v) is 18.0. The van der Waals surface area contributed by atoms with Crippen LogP contribution in [0.2, 0.25) is 0 Å². The Morgan fingerprint density at radius 3 is 2.50 bits per heavy atom. The predicted octanol–water partition coefficient (Wildman–Crippen LogP) is 3.93. The van der Waals surface area contributed by atoms with Crippen molar-refractivity contribution < 1.29 is 14.3 Å². The van der Waals surface area contributed by atoms with Crippen LogP contribution in [-0.4, -0.2) is 39.8 Å². The van der Waals surface area contributed by atoms with Crippen LogP contribution in [0.25, 0.3) is 11.1 Å². The van der Waals surface area contributed by atoms with Gasteiger partial charge in [-0.3, -0.25) is 14.5 Å². The maximum absolute atomic E-state index is 13.8. The lowest BCUT2D eigenvalue weighted by atomic mass is 9.99. The molecular weight excluding hydrogens is 406 g/mol. The Balaban J connectivity index is 1.76. The second kappa shape index (κ2) is 9.30. The van der Waals surface area contributed by atoms with Crippen molar-refractivity contribution in [3.8, 4) is 22.8 Å². The summed E-state index contributed by atoms with van der Waals surface area (Å²) >= 11 is 0. The van der Waals surface area contributed by atoms with Gasteiger partial charge in [-0.1, -0.05) is 36.4 Å². The zero-order chi connectivity index (χ0) is 22.5. The van der Waals surface area contributed by atoms with Gasteiger partial charge in [0.15, 0.2) is 0 Å². The van der Waals surface area contributed by atoms with E-state index in [9.17, 15) is 4.79 Å². The fourth-order valence-electron chi connectivity index (χ4n) is 3.37. The van der Waals surface area contributed by atoms with Gasteiger partial charge in [0.05, 0.1) is 32.3 Å². The van der Waals surface area contributed by atoms with Crippen LogP contribution >= 0.6 is 0 Å². The third-order valence-corrected chi connectivity index (χ3v) is 4.94. The predicted molar refractivity (Wildman–Crippen MR) is 121 cm³/mol. The summed E-state index contributed by atoms with van der Waals surface area (Å²) in [4.78, 5) is 22.4. The number of hydrogen-bond donors (Lipinski definition) is 1. The number of benzene rings is 2. The van der Waals surface area contributed by atoms with Gasteiger partial charge in [-0.05, 0) is 17.7 Å². The van der Waals surface area contributed by atoms with Crippen LogP contribution in [0.5, 0.6) is 11.6 Å². The zero-order valence-electron chi connectivity index (χ0n) is 18.0. The van der Waals surface area contributed by atoms with Gasteiger partial charge in [0.25, 0.3) is 0 Å². The smallest absolute Gasteiger partial charge is 0.231 e. The lowest BCUT2D eigenvalue weighted by Crippen LogP contribution is -2.23. The number of carbonyl (C=O) groups excluding carboxylic acids is 1. The average molecular weight is 429 g/mol. The van der Waals surface area contributed by atoms with Crippen molar-refractivity contribution in [2.75, 3.05) is 19.5 Å². The van der Waals surface area contributed by atoms with Gasteiger partial charge in [0, 0.05) is 30.6 Å². The molecule has 4 rings (SSSR count). The van der Waals surface area contributed by atoms with E-state index in [0.717, 1.165) is 11.1 Å². The van der Waals surface area contributed by atoms with E-state index in [-0.39, 0.29) is 5.78 Å². The number of hydrogen-bond acceptors (Lipinski definition) is 7. The number of nitrogens with one attached hydrogen (secondary N) is 1. The second-order valence-electron chi connectivity index (χ2n) is 7.09. The molecule has 1 unspecified atom stereocenters. The van der Waals surface area contributed by atoms with E-state index < -0.39 is 6.04 Å². The lowest BCUT2D eigenvalue weighted by Gasteiger charge is -2.18.